The number of amides is 1. The van der Waals surface area contributed by atoms with Gasteiger partial charge in [-0.15, -0.1) is 0 Å². The third kappa shape index (κ3) is 5.61. The number of aromatic nitrogens is 1. The van der Waals surface area contributed by atoms with Crippen molar-refractivity contribution in [3.05, 3.63) is 36.5 Å². The van der Waals surface area contributed by atoms with Crippen LogP contribution in [-0.4, -0.2) is 60.2 Å². The lowest BCUT2D eigenvalue weighted by molar-refractivity contribution is -0.122. The zero-order chi connectivity index (χ0) is 25.4. The second-order valence-corrected chi connectivity index (χ2v) is 10.6. The van der Waals surface area contributed by atoms with Crippen LogP contribution in [-0.2, 0) is 4.79 Å². The second kappa shape index (κ2) is 9.92. The number of hydrogen-bond donors (Lipinski definition) is 3. The second-order valence-electron chi connectivity index (χ2n) is 10.6. The summed E-state index contributed by atoms with van der Waals surface area (Å²) in [4.78, 5) is 18.8. The summed E-state index contributed by atoms with van der Waals surface area (Å²) in [5.74, 6) is 0.683. The van der Waals surface area contributed by atoms with E-state index in [-0.39, 0.29) is 35.6 Å². The number of allylic oxidation sites excluding steroid dienone is 1. The Labute approximate surface area is 209 Å². The van der Waals surface area contributed by atoms with Crippen LogP contribution in [0, 0.1) is 5.92 Å². The fourth-order valence-corrected chi connectivity index (χ4v) is 5.33. The van der Waals surface area contributed by atoms with Crippen LogP contribution in [0.4, 0.5) is 24.7 Å². The van der Waals surface area contributed by atoms with E-state index in [2.05, 4.69) is 39.5 Å². The average Bonchev–Trinajstić information content (AvgIpc) is 3.61. The lowest BCUT2D eigenvalue weighted by Crippen LogP contribution is -2.36. The molecule has 3 N–H and O–H groups in total. The lowest BCUT2D eigenvalue weighted by atomic mass is 10.0. The quantitative estimate of drug-likeness (QED) is 0.488. The van der Waals surface area contributed by atoms with Crippen molar-refractivity contribution in [2.75, 3.05) is 30.8 Å². The minimum atomic E-state index is -4.58. The minimum absolute atomic E-state index is 0.0282. The number of likely N-dealkylation sites (tertiary alicyclic amines) is 1. The standard InChI is InChI=1S/C27H34F3N5O/c1-16(27(28,29)30)25-21-4-3-5-23(31-18-10-12-35(2)13-11-18)22(21)15-24(34-25)32-19-8-9-20(14-19)33-26(36)17-6-7-17/h3-5,15,17-20,31H,1,6-14H2,2H3,(H,32,34)(H,33,36). The highest BCUT2D eigenvalue weighted by Crippen LogP contribution is 2.38. The molecule has 2 heterocycles. The largest absolute Gasteiger partial charge is 0.417 e. The molecule has 1 amide bonds. The molecule has 5 rings (SSSR count). The number of carbonyl (C=O) groups excluding carboxylic acids is 1. The number of alkyl halides is 3. The maximum Gasteiger partial charge on any atom is 0.417 e. The van der Waals surface area contributed by atoms with Crippen LogP contribution < -0.4 is 16.0 Å². The Morgan fingerprint density at radius 2 is 1.72 bits per heavy atom. The molecule has 36 heavy (non-hydrogen) atoms. The van der Waals surface area contributed by atoms with Crippen molar-refractivity contribution in [3.8, 4) is 0 Å². The molecule has 9 heteroatoms. The van der Waals surface area contributed by atoms with Gasteiger partial charge in [0.1, 0.15) is 5.82 Å². The number of nitrogens with one attached hydrogen (secondary N) is 3. The Morgan fingerprint density at radius 1 is 1.00 bits per heavy atom. The summed E-state index contributed by atoms with van der Waals surface area (Å²) < 4.78 is 41.2. The molecule has 2 aromatic rings. The molecule has 1 aromatic heterocycles. The molecule has 1 aliphatic heterocycles. The topological polar surface area (TPSA) is 69.3 Å². The molecule has 3 aliphatic rings. The Bertz CT molecular complexity index is 1140. The summed E-state index contributed by atoms with van der Waals surface area (Å²) in [6.45, 7) is 5.31. The van der Waals surface area contributed by atoms with Gasteiger partial charge < -0.3 is 20.9 Å². The van der Waals surface area contributed by atoms with E-state index < -0.39 is 11.7 Å². The lowest BCUT2D eigenvalue weighted by Gasteiger charge is -2.30. The van der Waals surface area contributed by atoms with Gasteiger partial charge in [0.25, 0.3) is 0 Å². The van der Waals surface area contributed by atoms with Crippen LogP contribution in [0.2, 0.25) is 0 Å². The van der Waals surface area contributed by atoms with Crippen molar-refractivity contribution in [3.63, 3.8) is 0 Å². The summed E-state index contributed by atoms with van der Waals surface area (Å²) in [5, 5.41) is 11.2. The number of benzene rings is 1. The third-order valence-corrected chi connectivity index (χ3v) is 7.66. The first kappa shape index (κ1) is 24.9. The van der Waals surface area contributed by atoms with Gasteiger partial charge in [0, 0.05) is 40.5 Å². The summed E-state index contributed by atoms with van der Waals surface area (Å²) in [7, 11) is 2.09. The fourth-order valence-electron chi connectivity index (χ4n) is 5.33. The van der Waals surface area contributed by atoms with Gasteiger partial charge >= 0.3 is 6.18 Å². The zero-order valence-corrected chi connectivity index (χ0v) is 20.6. The van der Waals surface area contributed by atoms with E-state index in [1.165, 1.54) is 0 Å². The summed E-state index contributed by atoms with van der Waals surface area (Å²) in [6, 6.07) is 7.58. The molecule has 2 aliphatic carbocycles. The van der Waals surface area contributed by atoms with Crippen LogP contribution in [0.15, 0.2) is 30.8 Å². The van der Waals surface area contributed by atoms with E-state index in [0.29, 0.717) is 16.6 Å². The number of halogens is 3. The molecule has 2 unspecified atom stereocenters. The maximum absolute atomic E-state index is 13.7. The van der Waals surface area contributed by atoms with Crippen LogP contribution in [0.5, 0.6) is 0 Å². The number of anilines is 2. The minimum Gasteiger partial charge on any atom is -0.382 e. The van der Waals surface area contributed by atoms with Crippen LogP contribution in [0.25, 0.3) is 16.3 Å². The van der Waals surface area contributed by atoms with Gasteiger partial charge in [-0.05, 0) is 77.2 Å². The zero-order valence-electron chi connectivity index (χ0n) is 20.6. The number of piperidine rings is 1. The molecule has 0 bridgehead atoms. The van der Waals surface area contributed by atoms with Gasteiger partial charge in [-0.25, -0.2) is 4.98 Å². The van der Waals surface area contributed by atoms with Crippen molar-refractivity contribution in [1.82, 2.24) is 15.2 Å². The Kier molecular flexibility index (Phi) is 6.85. The SMILES string of the molecule is C=C(c1nc(NC2CCC(NC(=O)C3CC3)C2)cc2c(NC3CCN(C)CC3)cccc12)C(F)(F)F. The molecular formula is C27H34F3N5O. The number of nitrogens with zero attached hydrogens (tertiary/aromatic N) is 2. The summed E-state index contributed by atoms with van der Waals surface area (Å²) in [5.41, 5.74) is -0.288. The maximum atomic E-state index is 13.7. The molecular weight excluding hydrogens is 467 g/mol. The monoisotopic (exact) mass is 501 g/mol. The Balaban J connectivity index is 1.41. The first-order valence-electron chi connectivity index (χ1n) is 12.9. The van der Waals surface area contributed by atoms with Crippen LogP contribution in [0.1, 0.15) is 50.6 Å². The van der Waals surface area contributed by atoms with Crippen molar-refractivity contribution in [1.29, 1.82) is 0 Å². The van der Waals surface area contributed by atoms with Crippen molar-refractivity contribution in [2.24, 2.45) is 5.92 Å². The normalized spacial score (nSPS) is 23.6. The van der Waals surface area contributed by atoms with E-state index in [1.807, 2.05) is 12.1 Å². The molecule has 2 atom stereocenters. The molecule has 6 nitrogen and oxygen atoms in total. The van der Waals surface area contributed by atoms with Crippen LogP contribution in [0.3, 0.4) is 0 Å². The molecule has 0 spiro atoms. The molecule has 2 saturated carbocycles. The first-order chi connectivity index (χ1) is 17.2. The predicted molar refractivity (Wildman–Crippen MR) is 137 cm³/mol. The Hall–Kier alpha value is -2.81. The van der Waals surface area contributed by atoms with Gasteiger partial charge in [0.15, 0.2) is 0 Å². The number of rotatable bonds is 7. The van der Waals surface area contributed by atoms with E-state index in [9.17, 15) is 18.0 Å². The Morgan fingerprint density at radius 3 is 2.42 bits per heavy atom. The van der Waals surface area contributed by atoms with Crippen molar-refractivity contribution in [2.45, 2.75) is 69.2 Å². The summed E-state index contributed by atoms with van der Waals surface area (Å²) >= 11 is 0. The number of hydrogen-bond acceptors (Lipinski definition) is 5. The number of pyridine rings is 1. The predicted octanol–water partition coefficient (Wildman–Crippen LogP) is 5.18. The van der Waals surface area contributed by atoms with Crippen molar-refractivity contribution >= 4 is 33.8 Å². The van der Waals surface area contributed by atoms with E-state index >= 15 is 0 Å². The average molecular weight is 502 g/mol. The molecule has 0 radical (unpaired) electrons. The van der Waals surface area contributed by atoms with Crippen LogP contribution >= 0.6 is 0 Å². The highest BCUT2D eigenvalue weighted by molar-refractivity contribution is 6.01. The van der Waals surface area contributed by atoms with Gasteiger partial charge in [0.05, 0.1) is 11.3 Å². The highest BCUT2D eigenvalue weighted by atomic mass is 19.4. The fraction of sp³-hybridized carbons (Fsp3) is 0.556. The first-order valence-corrected chi connectivity index (χ1v) is 12.9. The van der Waals surface area contributed by atoms with E-state index in [4.69, 9.17) is 0 Å². The molecule has 3 fully saturated rings. The number of carbonyl (C=O) groups is 1. The van der Waals surface area contributed by atoms with Gasteiger partial charge in [-0.2, -0.15) is 13.2 Å². The van der Waals surface area contributed by atoms with E-state index in [0.717, 1.165) is 63.7 Å². The van der Waals surface area contributed by atoms with Gasteiger partial charge in [-0.3, -0.25) is 4.79 Å². The summed E-state index contributed by atoms with van der Waals surface area (Å²) in [6.07, 6.45) is 1.67. The molecule has 194 valence electrons. The van der Waals surface area contributed by atoms with E-state index in [1.54, 1.807) is 12.1 Å². The highest BCUT2D eigenvalue weighted by Gasteiger charge is 2.36. The third-order valence-electron chi connectivity index (χ3n) is 7.66. The van der Waals surface area contributed by atoms with Gasteiger partial charge in [-0.1, -0.05) is 18.7 Å². The molecule has 1 saturated heterocycles. The number of fused-ring (bicyclic) bond motifs is 1. The van der Waals surface area contributed by atoms with Gasteiger partial charge in [0.2, 0.25) is 5.91 Å². The van der Waals surface area contributed by atoms with Crippen molar-refractivity contribution < 1.29 is 18.0 Å². The molecule has 1 aromatic carbocycles. The smallest absolute Gasteiger partial charge is 0.382 e.